The summed E-state index contributed by atoms with van der Waals surface area (Å²) in [5.74, 6) is 0.554. The van der Waals surface area contributed by atoms with E-state index in [9.17, 15) is 4.79 Å². The van der Waals surface area contributed by atoms with Gasteiger partial charge in [-0.15, -0.1) is 0 Å². The third-order valence-corrected chi connectivity index (χ3v) is 5.42. The first-order valence-corrected chi connectivity index (χ1v) is 9.06. The summed E-state index contributed by atoms with van der Waals surface area (Å²) >= 11 is 12.4. The fraction of sp³-hybridized carbons (Fsp3) is 0.316. The minimum atomic E-state index is -0.0359. The van der Waals surface area contributed by atoms with Gasteiger partial charge in [0.2, 0.25) is 0 Å². The van der Waals surface area contributed by atoms with Crippen molar-refractivity contribution in [2.24, 2.45) is 5.92 Å². The average molecular weight is 374 g/mol. The molecule has 4 nitrogen and oxygen atoms in total. The highest BCUT2D eigenvalue weighted by Gasteiger charge is 2.31. The van der Waals surface area contributed by atoms with Crippen molar-refractivity contribution in [2.75, 3.05) is 0 Å². The van der Waals surface area contributed by atoms with Crippen LogP contribution < -0.4 is 5.56 Å². The highest BCUT2D eigenvalue weighted by molar-refractivity contribution is 6.36. The Kier molecular flexibility index (Phi) is 4.05. The Morgan fingerprint density at radius 1 is 1.24 bits per heavy atom. The molecule has 128 valence electrons. The maximum atomic E-state index is 12.8. The van der Waals surface area contributed by atoms with Gasteiger partial charge in [0.25, 0.3) is 5.56 Å². The van der Waals surface area contributed by atoms with Crippen molar-refractivity contribution in [1.29, 1.82) is 0 Å². The van der Waals surface area contributed by atoms with Crippen molar-refractivity contribution in [2.45, 2.75) is 32.7 Å². The minimum Gasteiger partial charge on any atom is -0.302 e. The molecule has 1 saturated carbocycles. The molecule has 3 aromatic rings. The molecular weight excluding hydrogens is 357 g/mol. The Hall–Kier alpha value is -1.91. The van der Waals surface area contributed by atoms with Gasteiger partial charge in [0, 0.05) is 22.8 Å². The lowest BCUT2D eigenvalue weighted by Gasteiger charge is -2.19. The van der Waals surface area contributed by atoms with Crippen molar-refractivity contribution < 1.29 is 0 Å². The van der Waals surface area contributed by atoms with Gasteiger partial charge >= 0.3 is 0 Å². The Balaban J connectivity index is 2.03. The first-order valence-electron chi connectivity index (χ1n) is 8.30. The van der Waals surface area contributed by atoms with E-state index in [-0.39, 0.29) is 11.6 Å². The Bertz CT molecular complexity index is 1040. The van der Waals surface area contributed by atoms with Crippen LogP contribution in [0.5, 0.6) is 0 Å². The third-order valence-electron chi connectivity index (χ3n) is 4.87. The molecule has 0 unspecified atom stereocenters. The van der Waals surface area contributed by atoms with Gasteiger partial charge in [-0.2, -0.15) is 0 Å². The van der Waals surface area contributed by atoms with E-state index in [0.717, 1.165) is 23.9 Å². The van der Waals surface area contributed by atoms with E-state index in [2.05, 4.69) is 16.9 Å². The summed E-state index contributed by atoms with van der Waals surface area (Å²) in [6.45, 7) is 3.85. The Morgan fingerprint density at radius 2 is 2.00 bits per heavy atom. The van der Waals surface area contributed by atoms with Gasteiger partial charge < -0.3 is 4.57 Å². The normalized spacial score (nSPS) is 15.5. The number of hydrogen-bond donors (Lipinski definition) is 0. The molecule has 25 heavy (non-hydrogen) atoms. The topological polar surface area (TPSA) is 47.8 Å². The summed E-state index contributed by atoms with van der Waals surface area (Å²) < 4.78 is 1.87. The van der Waals surface area contributed by atoms with Crippen LogP contribution in [0, 0.1) is 12.8 Å². The van der Waals surface area contributed by atoms with Gasteiger partial charge in [-0.1, -0.05) is 23.2 Å². The summed E-state index contributed by atoms with van der Waals surface area (Å²) in [4.78, 5) is 21.8. The van der Waals surface area contributed by atoms with Crippen LogP contribution >= 0.6 is 23.2 Å². The summed E-state index contributed by atoms with van der Waals surface area (Å²) in [7, 11) is 0. The third kappa shape index (κ3) is 2.83. The lowest BCUT2D eigenvalue weighted by atomic mass is 10.1. The number of aromatic nitrogens is 3. The van der Waals surface area contributed by atoms with Gasteiger partial charge in [-0.25, -0.2) is 4.98 Å². The van der Waals surface area contributed by atoms with Crippen molar-refractivity contribution in [3.63, 3.8) is 0 Å². The Labute approximate surface area is 155 Å². The molecular formula is C19H17Cl2N3O. The van der Waals surface area contributed by atoms with Crippen LogP contribution in [0.25, 0.3) is 22.3 Å². The molecule has 0 bridgehead atoms. The van der Waals surface area contributed by atoms with Crippen molar-refractivity contribution in [1.82, 2.24) is 14.5 Å². The van der Waals surface area contributed by atoms with Crippen LogP contribution in [-0.4, -0.2) is 14.5 Å². The number of halogens is 2. The smallest absolute Gasteiger partial charge is 0.272 e. The molecule has 1 fully saturated rings. The molecule has 2 aromatic heterocycles. The summed E-state index contributed by atoms with van der Waals surface area (Å²) in [6.07, 6.45) is 4.03. The summed E-state index contributed by atoms with van der Waals surface area (Å²) in [5, 5.41) is 1.08. The van der Waals surface area contributed by atoms with Gasteiger partial charge in [-0.05, 0) is 56.9 Å². The first kappa shape index (κ1) is 16.6. The zero-order chi connectivity index (χ0) is 17.7. The molecule has 1 atom stereocenters. The minimum absolute atomic E-state index is 0.0359. The molecule has 0 N–H and O–H groups in total. The second kappa shape index (κ2) is 6.11. The van der Waals surface area contributed by atoms with E-state index >= 15 is 0 Å². The molecule has 1 aliphatic rings. The summed E-state index contributed by atoms with van der Waals surface area (Å²) in [6, 6.07) is 7.30. The second-order valence-corrected chi connectivity index (χ2v) is 7.45. The van der Waals surface area contributed by atoms with Gasteiger partial charge in [0.15, 0.2) is 0 Å². The Morgan fingerprint density at radius 3 is 2.68 bits per heavy atom. The van der Waals surface area contributed by atoms with E-state index in [1.807, 2.05) is 16.7 Å². The lowest BCUT2D eigenvalue weighted by Crippen LogP contribution is -2.28. The van der Waals surface area contributed by atoms with E-state index in [0.29, 0.717) is 32.9 Å². The highest BCUT2D eigenvalue weighted by Crippen LogP contribution is 2.40. The molecule has 0 saturated heterocycles. The lowest BCUT2D eigenvalue weighted by molar-refractivity contribution is 0.483. The summed E-state index contributed by atoms with van der Waals surface area (Å²) in [5.41, 5.74) is 3.35. The monoisotopic (exact) mass is 373 g/mol. The molecule has 2 heterocycles. The fourth-order valence-electron chi connectivity index (χ4n) is 3.32. The van der Waals surface area contributed by atoms with Gasteiger partial charge in [-0.3, -0.25) is 9.78 Å². The number of pyridine rings is 1. The second-order valence-electron chi connectivity index (χ2n) is 6.60. The molecule has 0 spiro atoms. The number of benzene rings is 1. The van der Waals surface area contributed by atoms with Crippen LogP contribution in [0.3, 0.4) is 0 Å². The maximum Gasteiger partial charge on any atom is 0.272 e. The van der Waals surface area contributed by atoms with Crippen LogP contribution in [-0.2, 0) is 0 Å². The molecule has 0 radical (unpaired) electrons. The maximum absolute atomic E-state index is 12.8. The fourth-order valence-corrected chi connectivity index (χ4v) is 3.82. The van der Waals surface area contributed by atoms with E-state index in [1.54, 1.807) is 25.3 Å². The van der Waals surface area contributed by atoms with E-state index in [4.69, 9.17) is 23.2 Å². The highest BCUT2D eigenvalue weighted by atomic mass is 35.5. The van der Waals surface area contributed by atoms with Crippen molar-refractivity contribution in [3.05, 3.63) is 56.6 Å². The quantitative estimate of drug-likeness (QED) is 0.645. The molecule has 4 rings (SSSR count). The zero-order valence-corrected chi connectivity index (χ0v) is 15.5. The predicted octanol–water partition coefficient (Wildman–Crippen LogP) is 5.04. The van der Waals surface area contributed by atoms with E-state index in [1.165, 1.54) is 0 Å². The van der Waals surface area contributed by atoms with Crippen LogP contribution in [0.2, 0.25) is 10.0 Å². The van der Waals surface area contributed by atoms with Crippen LogP contribution in [0.4, 0.5) is 0 Å². The van der Waals surface area contributed by atoms with Gasteiger partial charge in [0.05, 0.1) is 16.2 Å². The number of nitrogens with zero attached hydrogens (tertiary/aromatic N) is 3. The predicted molar refractivity (Wildman–Crippen MR) is 101 cm³/mol. The number of hydrogen-bond acceptors (Lipinski definition) is 3. The van der Waals surface area contributed by atoms with Crippen LogP contribution in [0.1, 0.15) is 31.5 Å². The molecule has 6 heteroatoms. The SMILES string of the molecule is Cc1nc2c(-c3ccc(Cl)cc3Cl)nccc2n([C@H](C)C2CC2)c1=O. The number of fused-ring (bicyclic) bond motifs is 1. The zero-order valence-electron chi connectivity index (χ0n) is 14.0. The number of aryl methyl sites for hydroxylation is 1. The largest absolute Gasteiger partial charge is 0.302 e. The molecule has 1 aromatic carbocycles. The van der Waals surface area contributed by atoms with Crippen LogP contribution in [0.15, 0.2) is 35.3 Å². The first-order chi connectivity index (χ1) is 12.0. The van der Waals surface area contributed by atoms with Gasteiger partial charge in [0.1, 0.15) is 11.2 Å². The van der Waals surface area contributed by atoms with Crippen molar-refractivity contribution in [3.8, 4) is 11.3 Å². The number of rotatable bonds is 3. The standard InChI is InChI=1S/C19H17Cl2N3O/c1-10-19(25)24(11(2)12-3-4-12)16-7-8-22-17(18(16)23-10)14-6-5-13(20)9-15(14)21/h5-9,11-12H,3-4H2,1-2H3/t11-/m1/s1. The molecule has 1 aliphatic carbocycles. The molecule has 0 amide bonds. The van der Waals surface area contributed by atoms with E-state index < -0.39 is 0 Å². The van der Waals surface area contributed by atoms with Crippen molar-refractivity contribution >= 4 is 34.2 Å². The average Bonchev–Trinajstić information content (AvgIpc) is 3.40. The molecule has 0 aliphatic heterocycles.